The molecule has 2 heterocycles. The highest BCUT2D eigenvalue weighted by Gasteiger charge is 2.20. The van der Waals surface area contributed by atoms with Crippen molar-refractivity contribution in [2.24, 2.45) is 10.9 Å². The number of nitrogens with zero attached hydrogens (tertiary/aromatic N) is 5. The topological polar surface area (TPSA) is 65.9 Å². The Morgan fingerprint density at radius 2 is 1.79 bits per heavy atom. The van der Waals surface area contributed by atoms with Crippen LogP contribution in [0.4, 0.5) is 5.95 Å². The van der Waals surface area contributed by atoms with Crippen molar-refractivity contribution in [1.82, 2.24) is 20.2 Å². The van der Waals surface area contributed by atoms with E-state index < -0.39 is 0 Å². The van der Waals surface area contributed by atoms with Crippen LogP contribution in [-0.4, -0.2) is 60.7 Å². The Morgan fingerprint density at radius 1 is 1.11 bits per heavy atom. The SMILES string of the molecule is CN=C(NCc1ccc(OCC(C)C)cc1)N1CCN(c2ncccn2)CC1. The van der Waals surface area contributed by atoms with E-state index in [0.29, 0.717) is 5.92 Å². The maximum atomic E-state index is 5.74. The number of hydrogen-bond donors (Lipinski definition) is 1. The summed E-state index contributed by atoms with van der Waals surface area (Å²) in [6, 6.07) is 10.1. The summed E-state index contributed by atoms with van der Waals surface area (Å²) in [5, 5.41) is 3.47. The maximum Gasteiger partial charge on any atom is 0.225 e. The molecular formula is C21H30N6O. The molecule has 1 fully saturated rings. The van der Waals surface area contributed by atoms with Gasteiger partial charge >= 0.3 is 0 Å². The second kappa shape index (κ2) is 9.92. The van der Waals surface area contributed by atoms with Crippen LogP contribution in [0.3, 0.4) is 0 Å². The lowest BCUT2D eigenvalue weighted by molar-refractivity contribution is 0.271. The molecular weight excluding hydrogens is 352 g/mol. The molecule has 2 aromatic rings. The number of ether oxygens (including phenoxy) is 1. The van der Waals surface area contributed by atoms with Gasteiger partial charge in [0.05, 0.1) is 6.61 Å². The van der Waals surface area contributed by atoms with E-state index in [1.54, 1.807) is 12.4 Å². The molecule has 1 aliphatic heterocycles. The van der Waals surface area contributed by atoms with Gasteiger partial charge in [-0.15, -0.1) is 0 Å². The Bertz CT molecular complexity index is 739. The molecule has 0 aliphatic carbocycles. The van der Waals surface area contributed by atoms with Gasteiger partial charge in [0.2, 0.25) is 5.95 Å². The summed E-state index contributed by atoms with van der Waals surface area (Å²) in [4.78, 5) is 17.6. The summed E-state index contributed by atoms with van der Waals surface area (Å²) in [5.74, 6) is 3.17. The summed E-state index contributed by atoms with van der Waals surface area (Å²) in [6.07, 6.45) is 3.57. The first-order valence-corrected chi connectivity index (χ1v) is 9.85. The molecule has 1 aromatic heterocycles. The van der Waals surface area contributed by atoms with Crippen LogP contribution in [-0.2, 0) is 6.54 Å². The molecule has 0 spiro atoms. The fraction of sp³-hybridized carbons (Fsp3) is 0.476. The van der Waals surface area contributed by atoms with Gasteiger partial charge in [0.25, 0.3) is 0 Å². The smallest absolute Gasteiger partial charge is 0.225 e. The summed E-state index contributed by atoms with van der Waals surface area (Å²) in [6.45, 7) is 9.32. The lowest BCUT2D eigenvalue weighted by Gasteiger charge is -2.36. The number of aromatic nitrogens is 2. The molecule has 150 valence electrons. The molecule has 0 saturated carbocycles. The lowest BCUT2D eigenvalue weighted by Crippen LogP contribution is -2.52. The highest BCUT2D eigenvalue weighted by Crippen LogP contribution is 2.14. The molecule has 0 bridgehead atoms. The first-order chi connectivity index (χ1) is 13.7. The summed E-state index contributed by atoms with van der Waals surface area (Å²) >= 11 is 0. The van der Waals surface area contributed by atoms with Gasteiger partial charge in [-0.05, 0) is 29.7 Å². The van der Waals surface area contributed by atoms with Crippen LogP contribution in [0.5, 0.6) is 5.75 Å². The fourth-order valence-electron chi connectivity index (χ4n) is 3.05. The van der Waals surface area contributed by atoms with Gasteiger partial charge in [-0.3, -0.25) is 4.99 Å². The molecule has 3 rings (SSSR count). The Morgan fingerprint density at radius 3 is 2.39 bits per heavy atom. The normalized spacial score (nSPS) is 15.1. The Balaban J connectivity index is 1.47. The zero-order valence-corrected chi connectivity index (χ0v) is 17.0. The molecule has 1 N–H and O–H groups in total. The van der Waals surface area contributed by atoms with Gasteiger partial charge in [-0.2, -0.15) is 0 Å². The van der Waals surface area contributed by atoms with Crippen molar-refractivity contribution in [3.63, 3.8) is 0 Å². The van der Waals surface area contributed by atoms with Crippen LogP contribution in [0.2, 0.25) is 0 Å². The number of anilines is 1. The van der Waals surface area contributed by atoms with E-state index in [2.05, 4.69) is 56.1 Å². The van der Waals surface area contributed by atoms with E-state index in [9.17, 15) is 0 Å². The van der Waals surface area contributed by atoms with Gasteiger partial charge in [0.1, 0.15) is 5.75 Å². The summed E-state index contributed by atoms with van der Waals surface area (Å²) in [5.41, 5.74) is 1.20. The molecule has 7 nitrogen and oxygen atoms in total. The number of guanidine groups is 1. The quantitative estimate of drug-likeness (QED) is 0.611. The Labute approximate surface area is 167 Å². The van der Waals surface area contributed by atoms with Crippen molar-refractivity contribution < 1.29 is 4.74 Å². The first-order valence-electron chi connectivity index (χ1n) is 9.85. The third kappa shape index (κ3) is 5.58. The molecule has 1 aromatic carbocycles. The van der Waals surface area contributed by atoms with Crippen molar-refractivity contribution in [1.29, 1.82) is 0 Å². The highest BCUT2D eigenvalue weighted by atomic mass is 16.5. The van der Waals surface area contributed by atoms with E-state index in [-0.39, 0.29) is 0 Å². The monoisotopic (exact) mass is 382 g/mol. The van der Waals surface area contributed by atoms with Gasteiger partial charge in [-0.25, -0.2) is 9.97 Å². The third-order valence-corrected chi connectivity index (χ3v) is 4.58. The second-order valence-electron chi connectivity index (χ2n) is 7.27. The minimum Gasteiger partial charge on any atom is -0.493 e. The molecule has 0 atom stereocenters. The average molecular weight is 383 g/mol. The average Bonchev–Trinajstić information content (AvgIpc) is 2.74. The number of rotatable bonds is 6. The lowest BCUT2D eigenvalue weighted by atomic mass is 10.2. The Kier molecular flexibility index (Phi) is 7.06. The van der Waals surface area contributed by atoms with E-state index in [1.807, 2.05) is 25.2 Å². The fourth-order valence-corrected chi connectivity index (χ4v) is 3.05. The maximum absolute atomic E-state index is 5.74. The van der Waals surface area contributed by atoms with Gasteiger partial charge in [0, 0.05) is 52.2 Å². The van der Waals surface area contributed by atoms with Crippen LogP contribution >= 0.6 is 0 Å². The third-order valence-electron chi connectivity index (χ3n) is 4.58. The molecule has 7 heteroatoms. The van der Waals surface area contributed by atoms with Crippen molar-refractivity contribution in [2.75, 3.05) is 44.7 Å². The zero-order chi connectivity index (χ0) is 19.8. The largest absolute Gasteiger partial charge is 0.493 e. The van der Waals surface area contributed by atoms with Crippen LogP contribution in [0, 0.1) is 5.92 Å². The first kappa shape index (κ1) is 19.9. The molecule has 28 heavy (non-hydrogen) atoms. The second-order valence-corrected chi connectivity index (χ2v) is 7.27. The molecule has 0 radical (unpaired) electrons. The van der Waals surface area contributed by atoms with Gasteiger partial charge < -0.3 is 19.9 Å². The molecule has 1 saturated heterocycles. The van der Waals surface area contributed by atoms with Crippen LogP contribution in [0.15, 0.2) is 47.7 Å². The zero-order valence-electron chi connectivity index (χ0n) is 17.0. The van der Waals surface area contributed by atoms with Crippen molar-refractivity contribution in [3.05, 3.63) is 48.3 Å². The van der Waals surface area contributed by atoms with E-state index in [1.165, 1.54) is 5.56 Å². The van der Waals surface area contributed by atoms with Gasteiger partial charge in [-0.1, -0.05) is 26.0 Å². The molecule has 1 aliphatic rings. The number of hydrogen-bond acceptors (Lipinski definition) is 5. The minimum atomic E-state index is 0.526. The number of nitrogens with one attached hydrogen (secondary N) is 1. The van der Waals surface area contributed by atoms with Crippen molar-refractivity contribution in [2.45, 2.75) is 20.4 Å². The summed E-state index contributed by atoms with van der Waals surface area (Å²) in [7, 11) is 1.83. The number of aliphatic imine (C=N–C) groups is 1. The molecule has 0 amide bonds. The van der Waals surface area contributed by atoms with Crippen molar-refractivity contribution >= 4 is 11.9 Å². The predicted molar refractivity (Wildman–Crippen MR) is 113 cm³/mol. The van der Waals surface area contributed by atoms with Crippen LogP contribution in [0.1, 0.15) is 19.4 Å². The standard InChI is InChI=1S/C21H30N6O/c1-17(2)16-28-19-7-5-18(6-8-19)15-25-20(22-3)26-11-13-27(14-12-26)21-23-9-4-10-24-21/h4-10,17H,11-16H2,1-3H3,(H,22,25). The summed E-state index contributed by atoms with van der Waals surface area (Å²) < 4.78 is 5.74. The molecule has 0 unspecified atom stereocenters. The van der Waals surface area contributed by atoms with Crippen molar-refractivity contribution in [3.8, 4) is 5.75 Å². The van der Waals surface area contributed by atoms with Gasteiger partial charge in [0.15, 0.2) is 5.96 Å². The van der Waals surface area contributed by atoms with E-state index >= 15 is 0 Å². The van der Waals surface area contributed by atoms with E-state index in [4.69, 9.17) is 4.74 Å². The predicted octanol–water partition coefficient (Wildman–Crippen LogP) is 2.41. The number of piperazine rings is 1. The Hall–Kier alpha value is -2.83. The number of benzene rings is 1. The minimum absolute atomic E-state index is 0.526. The van der Waals surface area contributed by atoms with Crippen LogP contribution in [0.25, 0.3) is 0 Å². The van der Waals surface area contributed by atoms with E-state index in [0.717, 1.165) is 57.0 Å². The van der Waals surface area contributed by atoms with Crippen LogP contribution < -0.4 is 15.0 Å². The highest BCUT2D eigenvalue weighted by molar-refractivity contribution is 5.80.